The minimum atomic E-state index is -0.124. The van der Waals surface area contributed by atoms with Crippen molar-refractivity contribution in [3.63, 3.8) is 0 Å². The Balaban J connectivity index is 1.86. The Labute approximate surface area is 153 Å². The van der Waals surface area contributed by atoms with Crippen molar-refractivity contribution >= 4 is 33.5 Å². The average Bonchev–Trinajstić information content (AvgIpc) is 3.21. The summed E-state index contributed by atoms with van der Waals surface area (Å²) in [5.41, 5.74) is 3.99. The van der Waals surface area contributed by atoms with Crippen molar-refractivity contribution in [3.8, 4) is 22.6 Å². The summed E-state index contributed by atoms with van der Waals surface area (Å²) >= 11 is 6.44. The van der Waals surface area contributed by atoms with E-state index in [2.05, 4.69) is 18.0 Å². The van der Waals surface area contributed by atoms with Crippen molar-refractivity contribution in [2.45, 2.75) is 6.92 Å². The maximum absolute atomic E-state index is 13.0. The predicted molar refractivity (Wildman–Crippen MR) is 102 cm³/mol. The van der Waals surface area contributed by atoms with E-state index in [1.54, 1.807) is 23.7 Å². The van der Waals surface area contributed by atoms with Crippen LogP contribution in [0.1, 0.15) is 5.56 Å². The van der Waals surface area contributed by atoms with Crippen molar-refractivity contribution in [1.29, 1.82) is 0 Å². The number of hydrogen-bond acceptors (Lipinski definition) is 3. The van der Waals surface area contributed by atoms with Gasteiger partial charge in [0.25, 0.3) is 5.56 Å². The Morgan fingerprint density at radius 2 is 1.81 bits per heavy atom. The molecule has 1 aliphatic heterocycles. The molecule has 0 fully saturated rings. The first-order chi connectivity index (χ1) is 12.5. The summed E-state index contributed by atoms with van der Waals surface area (Å²) in [6.45, 7) is 2.21. The van der Waals surface area contributed by atoms with Crippen LogP contribution in [0.5, 0.6) is 11.5 Å². The van der Waals surface area contributed by atoms with E-state index < -0.39 is 0 Å². The number of halogens is 1. The Hall–Kier alpha value is -2.92. The molecule has 0 atom stereocenters. The van der Waals surface area contributed by atoms with Crippen LogP contribution in [0.15, 0.2) is 41.2 Å². The first kappa shape index (κ1) is 15.3. The fourth-order valence-corrected chi connectivity index (χ4v) is 3.78. The van der Waals surface area contributed by atoms with Gasteiger partial charge in [-0.25, -0.2) is 0 Å². The van der Waals surface area contributed by atoms with Gasteiger partial charge in [0.05, 0.1) is 5.02 Å². The van der Waals surface area contributed by atoms with E-state index in [0.29, 0.717) is 27.6 Å². The lowest BCUT2D eigenvalue weighted by Crippen LogP contribution is -2.19. The lowest BCUT2D eigenvalue weighted by molar-refractivity contribution is 0.174. The summed E-state index contributed by atoms with van der Waals surface area (Å²) in [6.07, 6.45) is 0. The van der Waals surface area contributed by atoms with Gasteiger partial charge in [-0.15, -0.1) is 0 Å². The molecule has 1 N–H and O–H groups in total. The zero-order valence-corrected chi connectivity index (χ0v) is 15.0. The van der Waals surface area contributed by atoms with E-state index in [0.717, 1.165) is 27.5 Å². The van der Waals surface area contributed by atoms with Crippen LogP contribution in [-0.2, 0) is 7.05 Å². The summed E-state index contributed by atoms with van der Waals surface area (Å²) in [5, 5.41) is 2.52. The molecule has 0 aliphatic carbocycles. The number of ether oxygens (including phenoxy) is 2. The molecule has 3 heterocycles. The normalized spacial score (nSPS) is 13.0. The van der Waals surface area contributed by atoms with Gasteiger partial charge >= 0.3 is 0 Å². The molecule has 5 nitrogen and oxygen atoms in total. The second kappa shape index (κ2) is 5.29. The number of aryl methyl sites for hydroxylation is 2. The van der Waals surface area contributed by atoms with Gasteiger partial charge in [-0.3, -0.25) is 9.36 Å². The number of pyridine rings is 1. The highest BCUT2D eigenvalue weighted by atomic mass is 35.5. The molecule has 1 aliphatic rings. The zero-order chi connectivity index (χ0) is 18.0. The third kappa shape index (κ3) is 2.07. The van der Waals surface area contributed by atoms with Gasteiger partial charge in [-0.2, -0.15) is 0 Å². The highest BCUT2D eigenvalue weighted by molar-refractivity contribution is 6.33. The maximum atomic E-state index is 13.0. The van der Waals surface area contributed by atoms with Crippen LogP contribution in [0.25, 0.3) is 33.1 Å². The number of nitrogens with zero attached hydrogens (tertiary/aromatic N) is 1. The van der Waals surface area contributed by atoms with Crippen molar-refractivity contribution in [1.82, 2.24) is 9.55 Å². The highest BCUT2D eigenvalue weighted by Gasteiger charge is 2.20. The number of aromatic nitrogens is 2. The van der Waals surface area contributed by atoms with E-state index >= 15 is 0 Å². The third-order valence-electron chi connectivity index (χ3n) is 4.88. The summed E-state index contributed by atoms with van der Waals surface area (Å²) < 4.78 is 12.4. The molecule has 0 radical (unpaired) electrons. The minimum Gasteiger partial charge on any atom is -0.454 e. The van der Waals surface area contributed by atoms with Crippen LogP contribution < -0.4 is 15.0 Å². The van der Waals surface area contributed by atoms with Gasteiger partial charge in [-0.1, -0.05) is 23.2 Å². The van der Waals surface area contributed by atoms with E-state index in [9.17, 15) is 4.79 Å². The van der Waals surface area contributed by atoms with Gasteiger partial charge in [0.2, 0.25) is 6.79 Å². The first-order valence-electron chi connectivity index (χ1n) is 8.24. The molecule has 0 unspecified atom stereocenters. The number of fused-ring (bicyclic) bond motifs is 4. The molecule has 0 saturated carbocycles. The molecule has 0 spiro atoms. The largest absolute Gasteiger partial charge is 0.454 e. The SMILES string of the molecule is Cc1ccc2[nH]c3c(cc(-c4cc5c(cc4Cl)OCO5)c(=O)n3C)c2c1. The first-order valence-corrected chi connectivity index (χ1v) is 8.62. The van der Waals surface area contributed by atoms with Crippen molar-refractivity contribution in [3.05, 3.63) is 57.3 Å². The van der Waals surface area contributed by atoms with Crippen LogP contribution in [0.3, 0.4) is 0 Å². The van der Waals surface area contributed by atoms with Gasteiger partial charge in [0.15, 0.2) is 11.5 Å². The maximum Gasteiger partial charge on any atom is 0.259 e. The van der Waals surface area contributed by atoms with E-state index in [4.69, 9.17) is 21.1 Å². The van der Waals surface area contributed by atoms with Crippen molar-refractivity contribution in [2.75, 3.05) is 6.79 Å². The smallest absolute Gasteiger partial charge is 0.259 e. The van der Waals surface area contributed by atoms with Gasteiger partial charge < -0.3 is 14.5 Å². The Morgan fingerprint density at radius 1 is 1.04 bits per heavy atom. The summed E-state index contributed by atoms with van der Waals surface area (Å²) in [5.74, 6) is 1.20. The standard InChI is InChI=1S/C20H15ClN2O3/c1-10-3-4-16-12(5-10)13-6-14(20(24)23(2)19(13)22-16)11-7-17-18(8-15(11)21)26-9-25-17/h3-8,22H,9H2,1-2H3. The lowest BCUT2D eigenvalue weighted by atomic mass is 10.0. The van der Waals surface area contributed by atoms with Crippen LogP contribution in [0, 0.1) is 6.92 Å². The number of H-pyrrole nitrogens is 1. The molecule has 26 heavy (non-hydrogen) atoms. The molecular formula is C20H15ClN2O3. The average molecular weight is 367 g/mol. The molecule has 5 rings (SSSR count). The molecule has 0 saturated heterocycles. The predicted octanol–water partition coefficient (Wildman–Crippen LogP) is 4.38. The fourth-order valence-electron chi connectivity index (χ4n) is 3.53. The molecule has 130 valence electrons. The molecule has 2 aromatic carbocycles. The lowest BCUT2D eigenvalue weighted by Gasteiger charge is -2.09. The van der Waals surface area contributed by atoms with Gasteiger partial charge in [0, 0.05) is 40.5 Å². The van der Waals surface area contributed by atoms with Crippen LogP contribution >= 0.6 is 11.6 Å². The van der Waals surface area contributed by atoms with Gasteiger partial charge in [0.1, 0.15) is 5.65 Å². The minimum absolute atomic E-state index is 0.124. The molecule has 0 amide bonds. The molecule has 0 bridgehead atoms. The topological polar surface area (TPSA) is 56.2 Å². The highest BCUT2D eigenvalue weighted by Crippen LogP contribution is 2.41. The Morgan fingerprint density at radius 3 is 2.62 bits per heavy atom. The summed E-state index contributed by atoms with van der Waals surface area (Å²) in [7, 11) is 1.76. The molecule has 4 aromatic rings. The number of rotatable bonds is 1. The van der Waals surface area contributed by atoms with Gasteiger partial charge in [-0.05, 0) is 31.2 Å². The van der Waals surface area contributed by atoms with Crippen LogP contribution in [0.4, 0.5) is 0 Å². The number of hydrogen-bond donors (Lipinski definition) is 1. The Bertz CT molecular complexity index is 1270. The fraction of sp³-hybridized carbons (Fsp3) is 0.150. The quantitative estimate of drug-likeness (QED) is 0.544. The molecule has 6 heteroatoms. The second-order valence-corrected chi connectivity index (χ2v) is 6.95. The van der Waals surface area contributed by atoms with E-state index in [-0.39, 0.29) is 12.4 Å². The van der Waals surface area contributed by atoms with Crippen LogP contribution in [0.2, 0.25) is 5.02 Å². The monoisotopic (exact) mass is 366 g/mol. The number of nitrogens with one attached hydrogen (secondary N) is 1. The molecule has 2 aromatic heterocycles. The number of aromatic amines is 1. The third-order valence-corrected chi connectivity index (χ3v) is 5.20. The van der Waals surface area contributed by atoms with E-state index in [1.807, 2.05) is 18.2 Å². The summed E-state index contributed by atoms with van der Waals surface area (Å²) in [4.78, 5) is 16.3. The van der Waals surface area contributed by atoms with Crippen molar-refractivity contribution in [2.24, 2.45) is 7.05 Å². The summed E-state index contributed by atoms with van der Waals surface area (Å²) in [6, 6.07) is 11.6. The second-order valence-electron chi connectivity index (χ2n) is 6.54. The van der Waals surface area contributed by atoms with Crippen LogP contribution in [-0.4, -0.2) is 16.3 Å². The zero-order valence-electron chi connectivity index (χ0n) is 14.2. The molecular weight excluding hydrogens is 352 g/mol. The van der Waals surface area contributed by atoms with E-state index in [1.165, 1.54) is 0 Å². The van der Waals surface area contributed by atoms with Crippen molar-refractivity contribution < 1.29 is 9.47 Å². The number of benzene rings is 2. The Kier molecular flexibility index (Phi) is 3.12.